The van der Waals surface area contributed by atoms with Gasteiger partial charge < -0.3 is 15.7 Å². The number of benzene rings is 2. The van der Waals surface area contributed by atoms with Crippen LogP contribution in [0.1, 0.15) is 42.4 Å². The maximum absolute atomic E-state index is 9.09. The van der Waals surface area contributed by atoms with Gasteiger partial charge in [-0.3, -0.25) is 0 Å². The Kier molecular flexibility index (Phi) is 8.15. The molecule has 1 aliphatic carbocycles. The molecule has 146 valence electrons. The molecular weight excluding hydrogens is 356 g/mol. The van der Waals surface area contributed by atoms with Crippen LogP contribution in [0.15, 0.2) is 48.5 Å². The minimum Gasteiger partial charge on any atom is -0.392 e. The predicted octanol–water partition coefficient (Wildman–Crippen LogP) is 4.52. The maximum atomic E-state index is 9.09. The summed E-state index contributed by atoms with van der Waals surface area (Å²) >= 11 is 5.93. The molecule has 0 radical (unpaired) electrons. The molecule has 0 atom stereocenters. The molecule has 3 nitrogen and oxygen atoms in total. The summed E-state index contributed by atoms with van der Waals surface area (Å²) in [6, 6.07) is 16.3. The number of nitrogens with one attached hydrogen (secondary N) is 2. The van der Waals surface area contributed by atoms with Crippen molar-refractivity contribution in [3.63, 3.8) is 0 Å². The average molecular weight is 387 g/mol. The topological polar surface area (TPSA) is 44.3 Å². The molecule has 2 aromatic rings. The number of aliphatic hydroxyl groups excluding tert-OH is 1. The minimum atomic E-state index is 0.117. The Morgan fingerprint density at radius 1 is 0.704 bits per heavy atom. The predicted molar refractivity (Wildman–Crippen MR) is 113 cm³/mol. The van der Waals surface area contributed by atoms with Crippen LogP contribution < -0.4 is 10.6 Å². The molecule has 0 spiro atoms. The average Bonchev–Trinajstić information content (AvgIpc) is 2.71. The molecule has 3 N–H and O–H groups in total. The van der Waals surface area contributed by atoms with Gasteiger partial charge in [0.25, 0.3) is 0 Å². The quantitative estimate of drug-likeness (QED) is 0.593. The second-order valence-electron chi connectivity index (χ2n) is 7.75. The van der Waals surface area contributed by atoms with Gasteiger partial charge >= 0.3 is 0 Å². The fraction of sp³-hybridized carbons (Fsp3) is 0.478. The first-order valence-corrected chi connectivity index (χ1v) is 10.5. The fourth-order valence-electron chi connectivity index (χ4n) is 3.85. The van der Waals surface area contributed by atoms with Crippen molar-refractivity contribution in [3.05, 3.63) is 70.2 Å². The molecule has 1 saturated carbocycles. The van der Waals surface area contributed by atoms with Crippen LogP contribution in [0.2, 0.25) is 5.02 Å². The monoisotopic (exact) mass is 386 g/mol. The lowest BCUT2D eigenvalue weighted by molar-refractivity contribution is 0.261. The van der Waals surface area contributed by atoms with Crippen LogP contribution in [0, 0.1) is 11.8 Å². The number of hydrogen-bond donors (Lipinski definition) is 3. The van der Waals surface area contributed by atoms with E-state index in [9.17, 15) is 0 Å². The second-order valence-corrected chi connectivity index (χ2v) is 8.19. The first-order valence-electron chi connectivity index (χ1n) is 10.1. The summed E-state index contributed by atoms with van der Waals surface area (Å²) in [6.07, 6.45) is 5.30. The Morgan fingerprint density at radius 3 is 1.56 bits per heavy atom. The molecule has 4 heteroatoms. The van der Waals surface area contributed by atoms with Crippen LogP contribution >= 0.6 is 11.6 Å². The van der Waals surface area contributed by atoms with Crippen LogP contribution in [0.4, 0.5) is 0 Å². The van der Waals surface area contributed by atoms with Gasteiger partial charge in [0.15, 0.2) is 0 Å². The second kappa shape index (κ2) is 10.8. The van der Waals surface area contributed by atoms with Gasteiger partial charge in [-0.25, -0.2) is 0 Å². The summed E-state index contributed by atoms with van der Waals surface area (Å²) in [5.41, 5.74) is 3.55. The largest absolute Gasteiger partial charge is 0.392 e. The van der Waals surface area contributed by atoms with Gasteiger partial charge in [-0.2, -0.15) is 0 Å². The fourth-order valence-corrected chi connectivity index (χ4v) is 3.97. The molecule has 0 aliphatic heterocycles. The van der Waals surface area contributed by atoms with Gasteiger partial charge in [-0.1, -0.05) is 48.0 Å². The number of rotatable bonds is 9. The molecule has 0 amide bonds. The maximum Gasteiger partial charge on any atom is 0.0681 e. The van der Waals surface area contributed by atoms with Crippen LogP contribution in [-0.4, -0.2) is 18.2 Å². The standard InChI is InChI=1S/C23H31ClN2O/c24-23-11-9-21(10-12-23)16-26-14-19-3-1-18(2-4-19)13-25-15-20-5-7-22(17-27)8-6-20/h5-12,18-19,25-27H,1-4,13-17H2. The summed E-state index contributed by atoms with van der Waals surface area (Å²) in [5, 5.41) is 17.1. The van der Waals surface area contributed by atoms with E-state index in [1.54, 1.807) is 0 Å². The van der Waals surface area contributed by atoms with E-state index < -0.39 is 0 Å². The Labute approximate surface area is 168 Å². The van der Waals surface area contributed by atoms with E-state index in [1.165, 1.54) is 36.8 Å². The zero-order valence-corrected chi connectivity index (χ0v) is 16.7. The SMILES string of the molecule is OCc1ccc(CNCC2CCC(CNCc3ccc(Cl)cc3)CC2)cc1. The molecule has 1 fully saturated rings. The highest BCUT2D eigenvalue weighted by atomic mass is 35.5. The molecular formula is C23H31ClN2O. The number of aliphatic hydroxyl groups is 1. The Morgan fingerprint density at radius 2 is 1.11 bits per heavy atom. The third-order valence-corrected chi connectivity index (χ3v) is 5.86. The van der Waals surface area contributed by atoms with Crippen molar-refractivity contribution >= 4 is 11.6 Å². The summed E-state index contributed by atoms with van der Waals surface area (Å²) < 4.78 is 0. The van der Waals surface area contributed by atoms with E-state index in [0.717, 1.165) is 48.6 Å². The van der Waals surface area contributed by atoms with Gasteiger partial charge in [0, 0.05) is 18.1 Å². The third-order valence-electron chi connectivity index (χ3n) is 5.61. The van der Waals surface area contributed by atoms with E-state index >= 15 is 0 Å². The Bertz CT molecular complexity index is 664. The molecule has 0 bridgehead atoms. The normalized spacial score (nSPS) is 19.9. The van der Waals surface area contributed by atoms with E-state index in [-0.39, 0.29) is 6.61 Å². The van der Waals surface area contributed by atoms with Crippen LogP contribution in [0.5, 0.6) is 0 Å². The lowest BCUT2D eigenvalue weighted by Crippen LogP contribution is -2.30. The van der Waals surface area contributed by atoms with Crippen molar-refractivity contribution in [3.8, 4) is 0 Å². The lowest BCUT2D eigenvalue weighted by atomic mass is 9.82. The van der Waals surface area contributed by atoms with Crippen molar-refractivity contribution in [2.24, 2.45) is 11.8 Å². The molecule has 0 aromatic heterocycles. The first kappa shape index (κ1) is 20.3. The summed E-state index contributed by atoms with van der Waals surface area (Å²) in [6.45, 7) is 4.17. The van der Waals surface area contributed by atoms with Crippen molar-refractivity contribution in [1.29, 1.82) is 0 Å². The van der Waals surface area contributed by atoms with Gasteiger partial charge in [0.05, 0.1) is 6.61 Å². The highest BCUT2D eigenvalue weighted by Gasteiger charge is 2.20. The molecule has 27 heavy (non-hydrogen) atoms. The first-order chi connectivity index (χ1) is 13.2. The number of hydrogen-bond acceptors (Lipinski definition) is 3. The highest BCUT2D eigenvalue weighted by molar-refractivity contribution is 6.30. The van der Waals surface area contributed by atoms with Gasteiger partial charge in [-0.05, 0) is 79.4 Å². The van der Waals surface area contributed by atoms with Crippen molar-refractivity contribution < 1.29 is 5.11 Å². The molecule has 3 rings (SSSR count). The van der Waals surface area contributed by atoms with Gasteiger partial charge in [0.2, 0.25) is 0 Å². The highest BCUT2D eigenvalue weighted by Crippen LogP contribution is 2.28. The van der Waals surface area contributed by atoms with Crippen molar-refractivity contribution in [2.75, 3.05) is 13.1 Å². The number of halogens is 1. The molecule has 0 unspecified atom stereocenters. The summed E-state index contributed by atoms with van der Waals surface area (Å²) in [4.78, 5) is 0. The van der Waals surface area contributed by atoms with E-state index in [1.807, 2.05) is 24.3 Å². The summed E-state index contributed by atoms with van der Waals surface area (Å²) in [5.74, 6) is 1.61. The third kappa shape index (κ3) is 6.93. The zero-order chi connectivity index (χ0) is 18.9. The smallest absolute Gasteiger partial charge is 0.0681 e. The van der Waals surface area contributed by atoms with E-state index in [2.05, 4.69) is 34.9 Å². The van der Waals surface area contributed by atoms with Gasteiger partial charge in [-0.15, -0.1) is 0 Å². The Balaban J connectivity index is 1.27. The molecule has 0 saturated heterocycles. The van der Waals surface area contributed by atoms with E-state index in [4.69, 9.17) is 16.7 Å². The minimum absolute atomic E-state index is 0.117. The molecule has 1 aliphatic rings. The summed E-state index contributed by atoms with van der Waals surface area (Å²) in [7, 11) is 0. The Hall–Kier alpha value is -1.39. The van der Waals surface area contributed by atoms with Crippen LogP contribution in [0.25, 0.3) is 0 Å². The lowest BCUT2D eigenvalue weighted by Gasteiger charge is -2.29. The van der Waals surface area contributed by atoms with Crippen molar-refractivity contribution in [2.45, 2.75) is 45.4 Å². The zero-order valence-electron chi connectivity index (χ0n) is 16.0. The van der Waals surface area contributed by atoms with Crippen LogP contribution in [0.3, 0.4) is 0 Å². The van der Waals surface area contributed by atoms with Gasteiger partial charge in [0.1, 0.15) is 0 Å². The van der Waals surface area contributed by atoms with Crippen molar-refractivity contribution in [1.82, 2.24) is 10.6 Å². The molecule has 2 aromatic carbocycles. The van der Waals surface area contributed by atoms with Crippen LogP contribution in [-0.2, 0) is 19.7 Å². The van der Waals surface area contributed by atoms with E-state index in [0.29, 0.717) is 0 Å². The molecule has 0 heterocycles.